The number of unbranched alkanes of at least 4 members (excludes halogenated alkanes) is 1. The average molecular weight is 522 g/mol. The van der Waals surface area contributed by atoms with E-state index in [1.165, 1.54) is 10.5 Å². The van der Waals surface area contributed by atoms with Crippen molar-refractivity contribution in [2.75, 3.05) is 11.5 Å². The van der Waals surface area contributed by atoms with E-state index >= 15 is 0 Å². The van der Waals surface area contributed by atoms with Crippen molar-refractivity contribution in [1.82, 2.24) is 0 Å². The van der Waals surface area contributed by atoms with Gasteiger partial charge in [0.1, 0.15) is 6.61 Å². The highest BCUT2D eigenvalue weighted by Gasteiger charge is 2.36. The fourth-order valence-electron chi connectivity index (χ4n) is 3.78. The zero-order chi connectivity index (χ0) is 25.5. The molecular formula is C29H28ClNO4S. The number of thioether (sulfide) groups is 1. The first-order valence-corrected chi connectivity index (χ1v) is 13.2. The number of amides is 2. The minimum atomic E-state index is -0.327. The molecule has 186 valence electrons. The van der Waals surface area contributed by atoms with Crippen molar-refractivity contribution < 1.29 is 19.1 Å². The summed E-state index contributed by atoms with van der Waals surface area (Å²) in [6.07, 6.45) is 4.93. The Morgan fingerprint density at radius 3 is 2.31 bits per heavy atom. The van der Waals surface area contributed by atoms with Gasteiger partial charge >= 0.3 is 0 Å². The summed E-state index contributed by atoms with van der Waals surface area (Å²) in [6, 6.07) is 20.6. The van der Waals surface area contributed by atoms with Gasteiger partial charge < -0.3 is 9.47 Å². The first-order chi connectivity index (χ1) is 17.5. The quantitative estimate of drug-likeness (QED) is 0.254. The highest BCUT2D eigenvalue weighted by molar-refractivity contribution is 8.19. The molecule has 0 bridgehead atoms. The number of imide groups is 1. The molecule has 0 radical (unpaired) electrons. The van der Waals surface area contributed by atoms with Crippen LogP contribution in [0.2, 0.25) is 5.02 Å². The number of hydrogen-bond donors (Lipinski definition) is 0. The van der Waals surface area contributed by atoms with Crippen molar-refractivity contribution in [3.63, 3.8) is 0 Å². The topological polar surface area (TPSA) is 55.8 Å². The molecule has 1 saturated heterocycles. The number of rotatable bonds is 10. The molecular weight excluding hydrogens is 494 g/mol. The molecule has 0 aromatic heterocycles. The van der Waals surface area contributed by atoms with E-state index in [2.05, 4.69) is 6.92 Å². The van der Waals surface area contributed by atoms with E-state index in [0.29, 0.717) is 40.3 Å². The molecule has 1 aliphatic heterocycles. The second-order valence-corrected chi connectivity index (χ2v) is 9.77. The number of hydrogen-bond acceptors (Lipinski definition) is 5. The Hall–Kier alpha value is -3.22. The van der Waals surface area contributed by atoms with Crippen LogP contribution in [0.15, 0.2) is 71.6 Å². The van der Waals surface area contributed by atoms with Crippen molar-refractivity contribution in [3.8, 4) is 11.5 Å². The number of aryl methyl sites for hydroxylation is 1. The van der Waals surface area contributed by atoms with Gasteiger partial charge in [-0.2, -0.15) is 0 Å². The molecule has 5 nitrogen and oxygen atoms in total. The molecule has 1 aliphatic rings. The molecule has 0 saturated carbocycles. The van der Waals surface area contributed by atoms with Crippen molar-refractivity contribution in [2.24, 2.45) is 0 Å². The summed E-state index contributed by atoms with van der Waals surface area (Å²) in [6.45, 7) is 4.88. The van der Waals surface area contributed by atoms with Gasteiger partial charge in [-0.05, 0) is 90.7 Å². The van der Waals surface area contributed by atoms with Gasteiger partial charge in [0.2, 0.25) is 0 Å². The van der Waals surface area contributed by atoms with Gasteiger partial charge in [0.05, 0.1) is 17.2 Å². The van der Waals surface area contributed by atoms with E-state index in [4.69, 9.17) is 21.1 Å². The lowest BCUT2D eigenvalue weighted by Gasteiger charge is -2.13. The number of anilines is 1. The van der Waals surface area contributed by atoms with Gasteiger partial charge in [0.25, 0.3) is 11.1 Å². The smallest absolute Gasteiger partial charge is 0.298 e. The van der Waals surface area contributed by atoms with Gasteiger partial charge in [-0.15, -0.1) is 0 Å². The largest absolute Gasteiger partial charge is 0.490 e. The fraction of sp³-hybridized carbons (Fsp3) is 0.241. The maximum absolute atomic E-state index is 13.1. The number of carbonyl (C=O) groups is 2. The molecule has 0 N–H and O–H groups in total. The third kappa shape index (κ3) is 6.31. The molecule has 7 heteroatoms. The van der Waals surface area contributed by atoms with E-state index in [-0.39, 0.29) is 11.1 Å². The molecule has 1 heterocycles. The molecule has 0 atom stereocenters. The van der Waals surface area contributed by atoms with E-state index in [1.807, 2.05) is 73.7 Å². The first kappa shape index (κ1) is 25.9. The van der Waals surface area contributed by atoms with Crippen LogP contribution in [0.5, 0.6) is 11.5 Å². The highest BCUT2D eigenvalue weighted by atomic mass is 35.5. The van der Waals surface area contributed by atoms with E-state index < -0.39 is 0 Å². The Balaban J connectivity index is 1.50. The Kier molecular flexibility index (Phi) is 8.73. The maximum atomic E-state index is 13.1. The summed E-state index contributed by atoms with van der Waals surface area (Å²) < 4.78 is 11.7. The lowest BCUT2D eigenvalue weighted by molar-refractivity contribution is -0.113. The SMILES string of the molecule is CCCCc1ccc(N2C(=O)S/C(=C\c3ccc(OCc4ccc(Cl)cc4)c(OCC)c3)C2=O)cc1. The van der Waals surface area contributed by atoms with E-state index in [9.17, 15) is 9.59 Å². The summed E-state index contributed by atoms with van der Waals surface area (Å²) in [5, 5.41) is 0.368. The molecule has 4 rings (SSSR count). The summed E-state index contributed by atoms with van der Waals surface area (Å²) >= 11 is 6.89. The molecule has 0 aliphatic carbocycles. The Bertz CT molecular complexity index is 1260. The zero-order valence-corrected chi connectivity index (χ0v) is 21.9. The van der Waals surface area contributed by atoms with Gasteiger partial charge in [-0.3, -0.25) is 9.59 Å². The Labute approximate surface area is 221 Å². The van der Waals surface area contributed by atoms with Crippen molar-refractivity contribution in [1.29, 1.82) is 0 Å². The minimum Gasteiger partial charge on any atom is -0.490 e. The molecule has 3 aromatic carbocycles. The van der Waals surface area contributed by atoms with Crippen molar-refractivity contribution in [3.05, 3.63) is 93.3 Å². The molecule has 36 heavy (non-hydrogen) atoms. The first-order valence-electron chi connectivity index (χ1n) is 12.0. The number of nitrogens with zero attached hydrogens (tertiary/aromatic N) is 1. The Morgan fingerprint density at radius 1 is 0.889 bits per heavy atom. The van der Waals surface area contributed by atoms with E-state index in [0.717, 1.165) is 42.2 Å². The molecule has 0 spiro atoms. The van der Waals surface area contributed by atoms with Crippen LogP contribution in [-0.2, 0) is 17.8 Å². The van der Waals surface area contributed by atoms with Crippen molar-refractivity contribution in [2.45, 2.75) is 39.7 Å². The van der Waals surface area contributed by atoms with Crippen LogP contribution in [0.25, 0.3) is 6.08 Å². The van der Waals surface area contributed by atoms with Gasteiger partial charge in [-0.25, -0.2) is 4.90 Å². The van der Waals surface area contributed by atoms with Crippen molar-refractivity contribution >= 4 is 46.3 Å². The predicted octanol–water partition coefficient (Wildman–Crippen LogP) is 7.90. The van der Waals surface area contributed by atoms with E-state index in [1.54, 1.807) is 6.08 Å². The zero-order valence-electron chi connectivity index (χ0n) is 20.3. The normalized spacial score (nSPS) is 14.5. The highest BCUT2D eigenvalue weighted by Crippen LogP contribution is 2.37. The third-order valence-electron chi connectivity index (χ3n) is 5.68. The molecule has 0 unspecified atom stereocenters. The third-order valence-corrected chi connectivity index (χ3v) is 6.80. The summed E-state index contributed by atoms with van der Waals surface area (Å²) in [5.74, 6) is 0.842. The average Bonchev–Trinajstić information content (AvgIpc) is 3.16. The van der Waals surface area contributed by atoms with Gasteiger partial charge in [-0.1, -0.05) is 55.3 Å². The Morgan fingerprint density at radius 2 is 1.61 bits per heavy atom. The predicted molar refractivity (Wildman–Crippen MR) is 147 cm³/mol. The second-order valence-electron chi connectivity index (χ2n) is 8.34. The van der Waals surface area contributed by atoms with Gasteiger partial charge in [0, 0.05) is 5.02 Å². The summed E-state index contributed by atoms with van der Waals surface area (Å²) in [7, 11) is 0. The number of ether oxygens (including phenoxy) is 2. The van der Waals surface area contributed by atoms with Crippen LogP contribution in [0.4, 0.5) is 10.5 Å². The van der Waals surface area contributed by atoms with Crippen LogP contribution < -0.4 is 14.4 Å². The van der Waals surface area contributed by atoms with Gasteiger partial charge in [0.15, 0.2) is 11.5 Å². The minimum absolute atomic E-state index is 0.305. The van der Waals surface area contributed by atoms with Crippen LogP contribution in [0.1, 0.15) is 43.4 Å². The molecule has 3 aromatic rings. The number of benzene rings is 3. The van der Waals surface area contributed by atoms with Crippen LogP contribution in [0.3, 0.4) is 0 Å². The standard InChI is InChI=1S/C29H28ClNO4S/c1-3-5-6-20-9-14-24(15-10-20)31-28(32)27(36-29(31)33)18-22-11-16-25(26(17-22)34-4-2)35-19-21-7-12-23(30)13-8-21/h7-18H,3-6,19H2,1-2H3/b27-18-. The van der Waals surface area contributed by atoms with Crippen LogP contribution >= 0.6 is 23.4 Å². The fourth-order valence-corrected chi connectivity index (χ4v) is 4.75. The monoisotopic (exact) mass is 521 g/mol. The summed E-state index contributed by atoms with van der Waals surface area (Å²) in [4.78, 5) is 27.4. The summed E-state index contributed by atoms with van der Waals surface area (Å²) in [5.41, 5.74) is 3.52. The number of halogens is 1. The maximum Gasteiger partial charge on any atom is 0.298 e. The number of carbonyl (C=O) groups excluding carboxylic acids is 2. The molecule has 1 fully saturated rings. The second kappa shape index (κ2) is 12.2. The van der Waals surface area contributed by atoms with Crippen LogP contribution in [-0.4, -0.2) is 17.8 Å². The molecule has 2 amide bonds. The van der Waals surface area contributed by atoms with Crippen LogP contribution in [0, 0.1) is 0 Å². The lowest BCUT2D eigenvalue weighted by atomic mass is 10.1. The lowest BCUT2D eigenvalue weighted by Crippen LogP contribution is -2.27.